The van der Waals surface area contributed by atoms with Crippen molar-refractivity contribution in [3.8, 4) is 11.3 Å². The summed E-state index contributed by atoms with van der Waals surface area (Å²) >= 11 is 4.92. The normalized spacial score (nSPS) is 10.2. The summed E-state index contributed by atoms with van der Waals surface area (Å²) in [6.45, 7) is 1.82. The minimum Gasteiger partial charge on any atom is -0.302 e. The molecule has 5 heteroatoms. The van der Waals surface area contributed by atoms with Crippen LogP contribution in [0.25, 0.3) is 11.3 Å². The molecule has 0 atom stereocenters. The maximum atomic E-state index is 11.2. The average molecular weight is 311 g/mol. The van der Waals surface area contributed by atoms with Crippen LogP contribution in [0.3, 0.4) is 0 Å². The first-order valence-corrected chi connectivity index (χ1v) is 6.88. The Bertz CT molecular complexity index is 539. The Kier molecular flexibility index (Phi) is 3.91. The number of amides is 1. The number of carbonyl (C=O) groups excluding carboxylic acids is 1. The molecule has 2 aromatic rings. The first-order valence-electron chi connectivity index (χ1n) is 5.21. The average Bonchev–Trinajstić information content (AvgIpc) is 2.78. The minimum atomic E-state index is -0.0157. The molecule has 1 aromatic carbocycles. The van der Waals surface area contributed by atoms with Crippen LogP contribution in [0.15, 0.2) is 34.1 Å². The van der Waals surface area contributed by atoms with Crippen molar-refractivity contribution in [2.45, 2.75) is 13.3 Å². The van der Waals surface area contributed by atoms with Crippen LogP contribution in [-0.4, -0.2) is 10.9 Å². The van der Waals surface area contributed by atoms with Gasteiger partial charge in [0.1, 0.15) is 0 Å². The van der Waals surface area contributed by atoms with Gasteiger partial charge in [-0.25, -0.2) is 4.98 Å². The third-order valence-electron chi connectivity index (χ3n) is 2.22. The number of anilines is 1. The molecule has 1 N–H and O–H groups in total. The van der Waals surface area contributed by atoms with Gasteiger partial charge in [-0.3, -0.25) is 4.79 Å². The van der Waals surface area contributed by atoms with Crippen molar-refractivity contribution >= 4 is 38.3 Å². The van der Waals surface area contributed by atoms with E-state index in [0.29, 0.717) is 11.6 Å². The smallest absolute Gasteiger partial charge is 0.225 e. The van der Waals surface area contributed by atoms with Crippen molar-refractivity contribution in [2.75, 3.05) is 5.32 Å². The van der Waals surface area contributed by atoms with Gasteiger partial charge in [0.15, 0.2) is 5.13 Å². The van der Waals surface area contributed by atoms with Crippen LogP contribution in [-0.2, 0) is 4.79 Å². The number of halogens is 1. The van der Waals surface area contributed by atoms with Crippen molar-refractivity contribution in [3.63, 3.8) is 0 Å². The number of thiazole rings is 1. The van der Waals surface area contributed by atoms with Crippen molar-refractivity contribution in [3.05, 3.63) is 34.1 Å². The molecule has 0 aliphatic heterocycles. The summed E-state index contributed by atoms with van der Waals surface area (Å²) in [5.74, 6) is -0.0157. The monoisotopic (exact) mass is 310 g/mol. The molecule has 0 saturated carbocycles. The van der Waals surface area contributed by atoms with E-state index in [0.717, 1.165) is 15.7 Å². The minimum absolute atomic E-state index is 0.0157. The van der Waals surface area contributed by atoms with E-state index in [2.05, 4.69) is 26.2 Å². The third kappa shape index (κ3) is 2.92. The Balaban J connectivity index is 2.24. The van der Waals surface area contributed by atoms with Gasteiger partial charge in [0.2, 0.25) is 5.91 Å². The first kappa shape index (κ1) is 12.3. The number of rotatable bonds is 3. The Morgan fingerprint density at radius 1 is 1.47 bits per heavy atom. The van der Waals surface area contributed by atoms with Gasteiger partial charge in [-0.15, -0.1) is 11.3 Å². The summed E-state index contributed by atoms with van der Waals surface area (Å²) in [4.78, 5) is 15.6. The lowest BCUT2D eigenvalue weighted by Crippen LogP contribution is -2.08. The van der Waals surface area contributed by atoms with Crippen LogP contribution in [0, 0.1) is 0 Å². The molecule has 0 aliphatic rings. The highest BCUT2D eigenvalue weighted by Gasteiger charge is 2.08. The Morgan fingerprint density at radius 2 is 2.24 bits per heavy atom. The van der Waals surface area contributed by atoms with E-state index in [1.807, 2.05) is 36.6 Å². The number of hydrogen-bond donors (Lipinski definition) is 1. The summed E-state index contributed by atoms with van der Waals surface area (Å²) in [7, 11) is 0. The Morgan fingerprint density at radius 3 is 2.94 bits per heavy atom. The molecule has 1 amide bonds. The molecule has 0 bridgehead atoms. The molecule has 0 unspecified atom stereocenters. The van der Waals surface area contributed by atoms with E-state index in [1.54, 1.807) is 0 Å². The molecule has 0 aliphatic carbocycles. The topological polar surface area (TPSA) is 42.0 Å². The third-order valence-corrected chi connectivity index (χ3v) is 3.67. The summed E-state index contributed by atoms with van der Waals surface area (Å²) in [6, 6.07) is 7.88. The van der Waals surface area contributed by atoms with E-state index in [1.165, 1.54) is 11.3 Å². The summed E-state index contributed by atoms with van der Waals surface area (Å²) in [5, 5.41) is 5.33. The molecule has 17 heavy (non-hydrogen) atoms. The quantitative estimate of drug-likeness (QED) is 0.933. The molecule has 88 valence electrons. The van der Waals surface area contributed by atoms with Crippen LogP contribution < -0.4 is 5.32 Å². The molecule has 0 radical (unpaired) electrons. The van der Waals surface area contributed by atoms with E-state index in [-0.39, 0.29) is 5.91 Å². The number of carbonyl (C=O) groups is 1. The summed E-state index contributed by atoms with van der Waals surface area (Å²) < 4.78 is 0.999. The zero-order valence-corrected chi connectivity index (χ0v) is 11.6. The molecule has 3 nitrogen and oxygen atoms in total. The molecule has 0 fully saturated rings. The van der Waals surface area contributed by atoms with Crippen molar-refractivity contribution in [1.29, 1.82) is 0 Å². The fraction of sp³-hybridized carbons (Fsp3) is 0.167. The van der Waals surface area contributed by atoms with Gasteiger partial charge in [-0.2, -0.15) is 0 Å². The van der Waals surface area contributed by atoms with E-state index in [4.69, 9.17) is 0 Å². The fourth-order valence-electron chi connectivity index (χ4n) is 1.33. The van der Waals surface area contributed by atoms with Crippen LogP contribution in [0.5, 0.6) is 0 Å². The number of nitrogens with zero attached hydrogens (tertiary/aromatic N) is 1. The second kappa shape index (κ2) is 5.42. The zero-order valence-electron chi connectivity index (χ0n) is 9.24. The van der Waals surface area contributed by atoms with Gasteiger partial charge in [-0.05, 0) is 6.07 Å². The van der Waals surface area contributed by atoms with Gasteiger partial charge >= 0.3 is 0 Å². The predicted molar refractivity (Wildman–Crippen MR) is 74.2 cm³/mol. The number of benzene rings is 1. The summed E-state index contributed by atoms with van der Waals surface area (Å²) in [6.07, 6.45) is 0.462. The van der Waals surface area contributed by atoms with Gasteiger partial charge in [0, 0.05) is 21.8 Å². The highest BCUT2D eigenvalue weighted by molar-refractivity contribution is 9.10. The van der Waals surface area contributed by atoms with Gasteiger partial charge in [0.05, 0.1) is 5.69 Å². The number of nitrogens with one attached hydrogen (secondary N) is 1. The maximum absolute atomic E-state index is 11.2. The Hall–Kier alpha value is -1.20. The molecule has 0 saturated heterocycles. The molecule has 0 spiro atoms. The van der Waals surface area contributed by atoms with Crippen LogP contribution in [0.4, 0.5) is 5.13 Å². The molecule has 1 heterocycles. The van der Waals surface area contributed by atoms with Gasteiger partial charge in [0.25, 0.3) is 0 Å². The molecular weight excluding hydrogens is 300 g/mol. The predicted octanol–water partition coefficient (Wildman–Crippen LogP) is 3.92. The highest BCUT2D eigenvalue weighted by Crippen LogP contribution is 2.30. The largest absolute Gasteiger partial charge is 0.302 e. The maximum Gasteiger partial charge on any atom is 0.225 e. The second-order valence-corrected chi connectivity index (χ2v) is 5.13. The van der Waals surface area contributed by atoms with E-state index in [9.17, 15) is 4.79 Å². The van der Waals surface area contributed by atoms with Gasteiger partial charge in [-0.1, -0.05) is 41.1 Å². The lowest BCUT2D eigenvalue weighted by atomic mass is 10.2. The van der Waals surface area contributed by atoms with Gasteiger partial charge < -0.3 is 5.32 Å². The Labute approximate surface area is 112 Å². The standard InChI is InChI=1S/C12H11BrN2OS/c1-2-11(16)15-12-14-10(7-17-12)8-5-3-4-6-9(8)13/h3-7H,2H2,1H3,(H,14,15,16). The second-order valence-electron chi connectivity index (χ2n) is 3.42. The van der Waals surface area contributed by atoms with E-state index < -0.39 is 0 Å². The molecular formula is C12H11BrN2OS. The lowest BCUT2D eigenvalue weighted by molar-refractivity contribution is -0.115. The van der Waals surface area contributed by atoms with Crippen molar-refractivity contribution in [1.82, 2.24) is 4.98 Å². The van der Waals surface area contributed by atoms with Crippen LogP contribution in [0.2, 0.25) is 0 Å². The van der Waals surface area contributed by atoms with E-state index >= 15 is 0 Å². The van der Waals surface area contributed by atoms with Crippen molar-refractivity contribution < 1.29 is 4.79 Å². The van der Waals surface area contributed by atoms with Crippen LogP contribution in [0.1, 0.15) is 13.3 Å². The summed E-state index contributed by atoms with van der Waals surface area (Å²) in [5.41, 5.74) is 1.90. The zero-order chi connectivity index (χ0) is 12.3. The number of hydrogen-bond acceptors (Lipinski definition) is 3. The highest BCUT2D eigenvalue weighted by atomic mass is 79.9. The number of aromatic nitrogens is 1. The lowest BCUT2D eigenvalue weighted by Gasteiger charge is -1.99. The SMILES string of the molecule is CCC(=O)Nc1nc(-c2ccccc2Br)cs1. The molecule has 1 aromatic heterocycles. The van der Waals surface area contributed by atoms with Crippen molar-refractivity contribution in [2.24, 2.45) is 0 Å². The fourth-order valence-corrected chi connectivity index (χ4v) is 2.55. The van der Waals surface area contributed by atoms with Crippen LogP contribution >= 0.6 is 27.3 Å². The molecule has 2 rings (SSSR count). The first-order chi connectivity index (χ1) is 8.20.